The Hall–Kier alpha value is -2.74. The first-order valence-electron chi connectivity index (χ1n) is 8.76. The second kappa shape index (κ2) is 6.29. The number of hydrogen-bond donors (Lipinski definition) is 1. The van der Waals surface area contributed by atoms with E-state index in [-0.39, 0.29) is 5.54 Å². The van der Waals surface area contributed by atoms with Crippen LogP contribution in [-0.4, -0.2) is 7.11 Å². The predicted octanol–water partition coefficient (Wildman–Crippen LogP) is 5.56. The molecule has 2 nitrogen and oxygen atoms in total. The molecule has 4 rings (SSSR count). The molecule has 0 aliphatic carbocycles. The van der Waals surface area contributed by atoms with Crippen molar-refractivity contribution in [2.24, 2.45) is 0 Å². The first kappa shape index (κ1) is 15.8. The Bertz CT molecular complexity index is 860. The van der Waals surface area contributed by atoms with Gasteiger partial charge in [0.1, 0.15) is 5.75 Å². The summed E-state index contributed by atoms with van der Waals surface area (Å²) in [6, 6.07) is 27.9. The summed E-state index contributed by atoms with van der Waals surface area (Å²) in [6.45, 7) is 2.29. The van der Waals surface area contributed by atoms with Crippen LogP contribution in [0.1, 0.15) is 36.0 Å². The van der Waals surface area contributed by atoms with Gasteiger partial charge >= 0.3 is 0 Å². The van der Waals surface area contributed by atoms with Crippen LogP contribution < -0.4 is 10.1 Å². The van der Waals surface area contributed by atoms with E-state index in [1.165, 1.54) is 16.7 Å². The molecule has 2 unspecified atom stereocenters. The van der Waals surface area contributed by atoms with Gasteiger partial charge in [-0.3, -0.25) is 0 Å². The van der Waals surface area contributed by atoms with Gasteiger partial charge in [0.15, 0.2) is 0 Å². The Kier molecular flexibility index (Phi) is 3.96. The molecule has 0 saturated heterocycles. The van der Waals surface area contributed by atoms with Crippen LogP contribution in [0.5, 0.6) is 5.75 Å². The third kappa shape index (κ3) is 2.89. The lowest BCUT2D eigenvalue weighted by Gasteiger charge is -2.42. The summed E-state index contributed by atoms with van der Waals surface area (Å²) in [5.74, 6) is 1.24. The van der Waals surface area contributed by atoms with Gasteiger partial charge in [-0.1, -0.05) is 66.7 Å². The fourth-order valence-electron chi connectivity index (χ4n) is 3.92. The second-order valence-corrected chi connectivity index (χ2v) is 6.94. The number of methoxy groups -OCH3 is 1. The predicted molar refractivity (Wildman–Crippen MR) is 103 cm³/mol. The second-order valence-electron chi connectivity index (χ2n) is 6.94. The van der Waals surface area contributed by atoms with Crippen LogP contribution in [0.2, 0.25) is 0 Å². The quantitative estimate of drug-likeness (QED) is 0.679. The number of benzene rings is 3. The van der Waals surface area contributed by atoms with Crippen LogP contribution in [0.3, 0.4) is 0 Å². The fraction of sp³-hybridized carbons (Fsp3) is 0.217. The molecular weight excluding hydrogens is 306 g/mol. The third-order valence-electron chi connectivity index (χ3n) is 5.27. The lowest BCUT2D eigenvalue weighted by atomic mass is 9.73. The van der Waals surface area contributed by atoms with Crippen molar-refractivity contribution < 1.29 is 4.74 Å². The Morgan fingerprint density at radius 2 is 1.60 bits per heavy atom. The van der Waals surface area contributed by atoms with E-state index in [0.717, 1.165) is 17.9 Å². The highest BCUT2D eigenvalue weighted by atomic mass is 16.5. The SMILES string of the molecule is COc1ccc2c(c1)NC(C)(c1ccccc1)CC2c1ccccc1. The highest BCUT2D eigenvalue weighted by Crippen LogP contribution is 2.47. The molecular formula is C23H23NO. The van der Waals surface area contributed by atoms with Gasteiger partial charge in [0.05, 0.1) is 12.6 Å². The Morgan fingerprint density at radius 3 is 2.28 bits per heavy atom. The summed E-state index contributed by atoms with van der Waals surface area (Å²) in [4.78, 5) is 0. The molecule has 25 heavy (non-hydrogen) atoms. The van der Waals surface area contributed by atoms with E-state index >= 15 is 0 Å². The number of anilines is 1. The Balaban J connectivity index is 1.85. The van der Waals surface area contributed by atoms with Crippen molar-refractivity contribution in [1.82, 2.24) is 0 Å². The van der Waals surface area contributed by atoms with Gasteiger partial charge in [-0.15, -0.1) is 0 Å². The first-order valence-corrected chi connectivity index (χ1v) is 8.76. The molecule has 0 bridgehead atoms. The average molecular weight is 329 g/mol. The Morgan fingerprint density at radius 1 is 0.920 bits per heavy atom. The monoisotopic (exact) mass is 329 g/mol. The molecule has 1 aliphatic rings. The summed E-state index contributed by atoms with van der Waals surface area (Å²) >= 11 is 0. The highest BCUT2D eigenvalue weighted by Gasteiger charge is 2.37. The standard InChI is InChI=1S/C23H23NO/c1-23(18-11-7-4-8-12-18)16-21(17-9-5-3-6-10-17)20-14-13-19(25-2)15-22(20)24-23/h3-15,21,24H,16H2,1-2H3. The van der Waals surface area contributed by atoms with Crippen molar-refractivity contribution in [3.63, 3.8) is 0 Å². The van der Waals surface area contributed by atoms with E-state index in [2.05, 4.69) is 91.1 Å². The molecule has 0 spiro atoms. The van der Waals surface area contributed by atoms with E-state index < -0.39 is 0 Å². The van der Waals surface area contributed by atoms with Crippen molar-refractivity contribution in [3.05, 3.63) is 95.6 Å². The zero-order valence-electron chi connectivity index (χ0n) is 14.7. The maximum absolute atomic E-state index is 5.46. The van der Waals surface area contributed by atoms with Gasteiger partial charge in [0, 0.05) is 17.7 Å². The van der Waals surface area contributed by atoms with Crippen molar-refractivity contribution >= 4 is 5.69 Å². The van der Waals surface area contributed by atoms with Gasteiger partial charge in [-0.05, 0) is 36.1 Å². The zero-order chi connectivity index (χ0) is 17.3. The van der Waals surface area contributed by atoms with Crippen molar-refractivity contribution in [2.75, 3.05) is 12.4 Å². The van der Waals surface area contributed by atoms with Gasteiger partial charge in [0.2, 0.25) is 0 Å². The maximum Gasteiger partial charge on any atom is 0.120 e. The number of fused-ring (bicyclic) bond motifs is 1. The topological polar surface area (TPSA) is 21.3 Å². The largest absolute Gasteiger partial charge is 0.497 e. The van der Waals surface area contributed by atoms with E-state index in [4.69, 9.17) is 4.74 Å². The Labute approximate surface area is 149 Å². The van der Waals surface area contributed by atoms with Crippen molar-refractivity contribution in [1.29, 1.82) is 0 Å². The van der Waals surface area contributed by atoms with Crippen LogP contribution in [0, 0.1) is 0 Å². The average Bonchev–Trinajstić information content (AvgIpc) is 2.68. The minimum absolute atomic E-state index is 0.124. The van der Waals surface area contributed by atoms with E-state index in [9.17, 15) is 0 Å². The van der Waals surface area contributed by atoms with E-state index in [0.29, 0.717) is 5.92 Å². The lowest BCUT2D eigenvalue weighted by molar-refractivity contribution is 0.411. The number of rotatable bonds is 3. The van der Waals surface area contributed by atoms with Crippen molar-refractivity contribution in [3.8, 4) is 5.75 Å². The molecule has 1 heterocycles. The summed E-state index contributed by atoms with van der Waals surface area (Å²) in [5.41, 5.74) is 5.04. The molecule has 1 N–H and O–H groups in total. The molecule has 0 saturated carbocycles. The minimum Gasteiger partial charge on any atom is -0.497 e. The molecule has 0 radical (unpaired) electrons. The van der Waals surface area contributed by atoms with Gasteiger partial charge in [0.25, 0.3) is 0 Å². The van der Waals surface area contributed by atoms with Gasteiger partial charge in [-0.25, -0.2) is 0 Å². The molecule has 126 valence electrons. The first-order chi connectivity index (χ1) is 12.2. The fourth-order valence-corrected chi connectivity index (χ4v) is 3.92. The molecule has 2 heteroatoms. The van der Waals surface area contributed by atoms with Crippen molar-refractivity contribution in [2.45, 2.75) is 24.8 Å². The molecule has 0 aromatic heterocycles. The summed E-state index contributed by atoms with van der Waals surface area (Å²) in [5, 5.41) is 3.78. The lowest BCUT2D eigenvalue weighted by Crippen LogP contribution is -2.38. The van der Waals surface area contributed by atoms with Gasteiger partial charge in [-0.2, -0.15) is 0 Å². The molecule has 0 fully saturated rings. The minimum atomic E-state index is -0.124. The van der Waals surface area contributed by atoms with E-state index in [1.54, 1.807) is 7.11 Å². The summed E-state index contributed by atoms with van der Waals surface area (Å²) < 4.78 is 5.46. The highest BCUT2D eigenvalue weighted by molar-refractivity contribution is 5.63. The summed E-state index contributed by atoms with van der Waals surface area (Å²) in [7, 11) is 1.72. The van der Waals surface area contributed by atoms with Crippen LogP contribution in [-0.2, 0) is 5.54 Å². The number of hydrogen-bond acceptors (Lipinski definition) is 2. The summed E-state index contributed by atoms with van der Waals surface area (Å²) in [6.07, 6.45) is 1.01. The number of ether oxygens (including phenoxy) is 1. The third-order valence-corrected chi connectivity index (χ3v) is 5.27. The smallest absolute Gasteiger partial charge is 0.120 e. The molecule has 2 atom stereocenters. The molecule has 3 aromatic carbocycles. The van der Waals surface area contributed by atoms with Crippen LogP contribution in [0.25, 0.3) is 0 Å². The van der Waals surface area contributed by atoms with E-state index in [1.807, 2.05) is 0 Å². The normalized spacial score (nSPS) is 21.9. The van der Waals surface area contributed by atoms with Gasteiger partial charge < -0.3 is 10.1 Å². The number of nitrogens with one attached hydrogen (secondary N) is 1. The van der Waals surface area contributed by atoms with Crippen LogP contribution >= 0.6 is 0 Å². The molecule has 1 aliphatic heterocycles. The van der Waals surface area contributed by atoms with Crippen LogP contribution in [0.15, 0.2) is 78.9 Å². The molecule has 3 aromatic rings. The maximum atomic E-state index is 5.46. The zero-order valence-corrected chi connectivity index (χ0v) is 14.7. The molecule has 0 amide bonds. The van der Waals surface area contributed by atoms with Crippen LogP contribution in [0.4, 0.5) is 5.69 Å².